The highest BCUT2D eigenvalue weighted by Crippen LogP contribution is 2.30. The number of fused-ring (bicyclic) bond motifs is 1. The monoisotopic (exact) mass is 421 g/mol. The SMILES string of the molecule is Cn1ccnc1CN1CCC(C(=O)Nc2nc(-c3cc4ccccc4o3)cs2)CC1. The highest BCUT2D eigenvalue weighted by Gasteiger charge is 2.26. The molecule has 30 heavy (non-hydrogen) atoms. The minimum atomic E-state index is 0.0150. The average Bonchev–Trinajstić information content (AvgIpc) is 3.48. The van der Waals surface area contributed by atoms with Crippen molar-refractivity contribution in [2.45, 2.75) is 19.4 Å². The Morgan fingerprint density at radius 1 is 1.30 bits per heavy atom. The molecule has 1 saturated heterocycles. The number of amides is 1. The Hall–Kier alpha value is -2.97. The van der Waals surface area contributed by atoms with Crippen LogP contribution in [0.3, 0.4) is 0 Å². The smallest absolute Gasteiger partial charge is 0.229 e. The van der Waals surface area contributed by atoms with E-state index in [0.29, 0.717) is 5.13 Å². The minimum Gasteiger partial charge on any atom is -0.454 e. The number of aryl methyl sites for hydroxylation is 1. The molecule has 0 unspecified atom stereocenters. The molecule has 0 spiro atoms. The molecule has 154 valence electrons. The summed E-state index contributed by atoms with van der Waals surface area (Å²) in [6, 6.07) is 9.86. The lowest BCUT2D eigenvalue weighted by atomic mass is 9.96. The Kier molecular flexibility index (Phi) is 5.10. The fourth-order valence-corrected chi connectivity index (χ4v) is 4.56. The van der Waals surface area contributed by atoms with Crippen LogP contribution in [0.4, 0.5) is 5.13 Å². The van der Waals surface area contributed by atoms with E-state index in [4.69, 9.17) is 4.42 Å². The first-order valence-corrected chi connectivity index (χ1v) is 11.0. The van der Waals surface area contributed by atoms with Crippen molar-refractivity contribution >= 4 is 33.3 Å². The molecule has 4 aromatic rings. The normalized spacial score (nSPS) is 15.6. The molecule has 1 aromatic carbocycles. The number of imidazole rings is 1. The summed E-state index contributed by atoms with van der Waals surface area (Å²) >= 11 is 1.43. The third kappa shape index (κ3) is 3.88. The lowest BCUT2D eigenvalue weighted by Gasteiger charge is -2.30. The second kappa shape index (κ2) is 8.04. The van der Waals surface area contributed by atoms with E-state index in [0.717, 1.165) is 60.7 Å². The van der Waals surface area contributed by atoms with E-state index < -0.39 is 0 Å². The molecule has 3 aromatic heterocycles. The zero-order valence-electron chi connectivity index (χ0n) is 16.7. The summed E-state index contributed by atoms with van der Waals surface area (Å²) in [4.78, 5) is 24.0. The predicted octanol–water partition coefficient (Wildman–Crippen LogP) is 4.14. The maximum absolute atomic E-state index is 12.7. The second-order valence-electron chi connectivity index (χ2n) is 7.68. The molecule has 0 bridgehead atoms. The summed E-state index contributed by atoms with van der Waals surface area (Å²) < 4.78 is 7.91. The standard InChI is InChI=1S/C22H23N5O2S/c1-26-11-8-23-20(26)13-27-9-6-15(7-10-27)21(28)25-22-24-17(14-30-22)19-12-16-4-2-3-5-18(16)29-19/h2-5,8,11-12,14-15H,6-7,9-10,13H2,1H3,(H,24,25,28). The van der Waals surface area contributed by atoms with Gasteiger partial charge in [-0.05, 0) is 38.1 Å². The Bertz CT molecular complexity index is 1140. The van der Waals surface area contributed by atoms with Gasteiger partial charge in [0.2, 0.25) is 5.91 Å². The minimum absolute atomic E-state index is 0.0150. The third-order valence-electron chi connectivity index (χ3n) is 5.66. The van der Waals surface area contributed by atoms with Gasteiger partial charge in [-0.15, -0.1) is 11.3 Å². The van der Waals surface area contributed by atoms with Crippen LogP contribution in [-0.2, 0) is 18.4 Å². The number of likely N-dealkylation sites (tertiary alicyclic amines) is 1. The first-order valence-electron chi connectivity index (χ1n) is 10.1. The fourth-order valence-electron chi connectivity index (χ4n) is 3.86. The number of hydrogen-bond donors (Lipinski definition) is 1. The molecule has 5 rings (SSSR count). The van der Waals surface area contributed by atoms with Crippen molar-refractivity contribution in [3.05, 3.63) is 53.9 Å². The summed E-state index contributed by atoms with van der Waals surface area (Å²) in [5, 5.41) is 6.58. The molecule has 8 heteroatoms. The van der Waals surface area contributed by atoms with Crippen LogP contribution in [0.1, 0.15) is 18.7 Å². The Morgan fingerprint density at radius 3 is 2.90 bits per heavy atom. The van der Waals surface area contributed by atoms with Crippen LogP contribution in [0.2, 0.25) is 0 Å². The number of aromatic nitrogens is 3. The molecule has 1 fully saturated rings. The number of hydrogen-bond acceptors (Lipinski definition) is 6. The highest BCUT2D eigenvalue weighted by atomic mass is 32.1. The lowest BCUT2D eigenvalue weighted by molar-refractivity contribution is -0.121. The zero-order valence-corrected chi connectivity index (χ0v) is 17.6. The van der Waals surface area contributed by atoms with Crippen molar-refractivity contribution in [3.8, 4) is 11.5 Å². The van der Waals surface area contributed by atoms with Crippen LogP contribution in [0.5, 0.6) is 0 Å². The van der Waals surface area contributed by atoms with Crippen LogP contribution in [0.25, 0.3) is 22.4 Å². The van der Waals surface area contributed by atoms with Crippen molar-refractivity contribution in [2.24, 2.45) is 13.0 Å². The quantitative estimate of drug-likeness (QED) is 0.524. The summed E-state index contributed by atoms with van der Waals surface area (Å²) in [6.07, 6.45) is 5.47. The largest absolute Gasteiger partial charge is 0.454 e. The van der Waals surface area contributed by atoms with Gasteiger partial charge in [0, 0.05) is 36.1 Å². The van der Waals surface area contributed by atoms with Gasteiger partial charge in [0.25, 0.3) is 0 Å². The number of nitrogens with zero attached hydrogens (tertiary/aromatic N) is 4. The summed E-state index contributed by atoms with van der Waals surface area (Å²) in [5.74, 6) is 1.84. The Labute approximate surface area is 178 Å². The maximum atomic E-state index is 12.7. The molecular weight excluding hydrogens is 398 g/mol. The van der Waals surface area contributed by atoms with Crippen molar-refractivity contribution in [1.82, 2.24) is 19.4 Å². The average molecular weight is 422 g/mol. The number of piperidine rings is 1. The van der Waals surface area contributed by atoms with Gasteiger partial charge in [0.1, 0.15) is 17.1 Å². The van der Waals surface area contributed by atoms with Gasteiger partial charge < -0.3 is 14.3 Å². The molecule has 1 aliphatic heterocycles. The van der Waals surface area contributed by atoms with Crippen LogP contribution in [0.15, 0.2) is 52.5 Å². The van der Waals surface area contributed by atoms with Crippen LogP contribution >= 0.6 is 11.3 Å². The molecule has 0 saturated carbocycles. The van der Waals surface area contributed by atoms with Crippen LogP contribution in [-0.4, -0.2) is 38.4 Å². The molecule has 0 radical (unpaired) electrons. The Morgan fingerprint density at radius 2 is 2.13 bits per heavy atom. The van der Waals surface area contributed by atoms with Crippen molar-refractivity contribution < 1.29 is 9.21 Å². The topological polar surface area (TPSA) is 76.2 Å². The molecule has 0 aliphatic carbocycles. The number of thiazole rings is 1. The molecule has 4 heterocycles. The fraction of sp³-hybridized carbons (Fsp3) is 0.318. The number of para-hydroxylation sites is 1. The van der Waals surface area contributed by atoms with E-state index in [9.17, 15) is 4.79 Å². The van der Waals surface area contributed by atoms with Crippen molar-refractivity contribution in [3.63, 3.8) is 0 Å². The van der Waals surface area contributed by atoms with E-state index >= 15 is 0 Å². The highest BCUT2D eigenvalue weighted by molar-refractivity contribution is 7.14. The molecular formula is C22H23N5O2S. The van der Waals surface area contributed by atoms with Gasteiger partial charge in [-0.1, -0.05) is 18.2 Å². The van der Waals surface area contributed by atoms with Gasteiger partial charge >= 0.3 is 0 Å². The van der Waals surface area contributed by atoms with E-state index in [1.165, 1.54) is 11.3 Å². The van der Waals surface area contributed by atoms with Gasteiger partial charge in [-0.25, -0.2) is 9.97 Å². The number of benzene rings is 1. The number of carbonyl (C=O) groups is 1. The van der Waals surface area contributed by atoms with Crippen molar-refractivity contribution in [2.75, 3.05) is 18.4 Å². The number of furan rings is 1. The van der Waals surface area contributed by atoms with Crippen LogP contribution in [0, 0.1) is 5.92 Å². The summed E-state index contributed by atoms with van der Waals surface area (Å²) in [5.41, 5.74) is 1.58. The maximum Gasteiger partial charge on any atom is 0.229 e. The second-order valence-corrected chi connectivity index (χ2v) is 8.54. The molecule has 7 nitrogen and oxygen atoms in total. The first kappa shape index (κ1) is 19.0. The van der Waals surface area contributed by atoms with E-state index in [-0.39, 0.29) is 11.8 Å². The van der Waals surface area contributed by atoms with Gasteiger partial charge in [-0.2, -0.15) is 0 Å². The van der Waals surface area contributed by atoms with Crippen LogP contribution < -0.4 is 5.32 Å². The van der Waals surface area contributed by atoms with E-state index in [1.807, 2.05) is 59.7 Å². The first-order chi connectivity index (χ1) is 14.7. The predicted molar refractivity (Wildman–Crippen MR) is 117 cm³/mol. The van der Waals surface area contributed by atoms with Gasteiger partial charge in [-0.3, -0.25) is 9.69 Å². The van der Waals surface area contributed by atoms with E-state index in [2.05, 4.69) is 20.2 Å². The third-order valence-corrected chi connectivity index (χ3v) is 6.41. The summed E-state index contributed by atoms with van der Waals surface area (Å²) in [6.45, 7) is 2.62. The lowest BCUT2D eigenvalue weighted by Crippen LogP contribution is -2.38. The number of rotatable bonds is 5. The van der Waals surface area contributed by atoms with Crippen molar-refractivity contribution in [1.29, 1.82) is 0 Å². The molecule has 1 N–H and O–H groups in total. The molecule has 1 amide bonds. The van der Waals surface area contributed by atoms with Gasteiger partial charge in [0.05, 0.1) is 6.54 Å². The Balaban J connectivity index is 1.18. The summed E-state index contributed by atoms with van der Waals surface area (Å²) in [7, 11) is 2.01. The molecule has 1 aliphatic rings. The number of anilines is 1. The number of nitrogens with one attached hydrogen (secondary N) is 1. The van der Waals surface area contributed by atoms with Gasteiger partial charge in [0.15, 0.2) is 10.9 Å². The molecule has 0 atom stereocenters. The zero-order chi connectivity index (χ0) is 20.5. The van der Waals surface area contributed by atoms with E-state index in [1.54, 1.807) is 0 Å². The number of carbonyl (C=O) groups excluding carboxylic acids is 1.